The number of Topliss-reactive ketones (excluding diaryl/α,β-unsaturated/α-hetero) is 1. The van der Waals surface area contributed by atoms with Gasteiger partial charge in [-0.1, -0.05) is 18.5 Å². The molecule has 11 heteroatoms. The normalized spacial score (nSPS) is 12.7. The van der Waals surface area contributed by atoms with Gasteiger partial charge in [0.25, 0.3) is 5.95 Å². The third kappa shape index (κ3) is 4.73. The van der Waals surface area contributed by atoms with Crippen molar-refractivity contribution in [2.24, 2.45) is 0 Å². The number of aromatic nitrogens is 5. The Morgan fingerprint density at radius 1 is 1.25 bits per heavy atom. The van der Waals surface area contributed by atoms with Gasteiger partial charge in [0.05, 0.1) is 4.90 Å². The topological polar surface area (TPSA) is 108 Å². The van der Waals surface area contributed by atoms with Gasteiger partial charge >= 0.3 is 0 Å². The molecule has 0 amide bonds. The van der Waals surface area contributed by atoms with Crippen LogP contribution in [-0.4, -0.2) is 45.2 Å². The first-order valence-electron chi connectivity index (χ1n) is 8.09. The number of hydrogen-bond acceptors (Lipinski definition) is 7. The molecular weight excluding hydrogens is 517 g/mol. The average molecular weight is 532 g/mol. The van der Waals surface area contributed by atoms with E-state index < -0.39 is 9.84 Å². The molecule has 3 aromatic rings. The van der Waals surface area contributed by atoms with Crippen LogP contribution in [0.1, 0.15) is 35.4 Å². The van der Waals surface area contributed by atoms with Crippen LogP contribution in [0.3, 0.4) is 0 Å². The molecule has 0 saturated heterocycles. The number of halogens is 2. The highest BCUT2D eigenvalue weighted by atomic mass is 127. The van der Waals surface area contributed by atoms with E-state index in [1.165, 1.54) is 22.9 Å². The largest absolute Gasteiger partial charge is 0.294 e. The van der Waals surface area contributed by atoms with Crippen molar-refractivity contribution in [3.05, 3.63) is 56.9 Å². The van der Waals surface area contributed by atoms with Gasteiger partial charge in [0, 0.05) is 64.2 Å². The molecule has 0 N–H and O–H groups in total. The summed E-state index contributed by atoms with van der Waals surface area (Å²) in [6.45, 7) is 1.83. The molecule has 0 aliphatic heterocycles. The van der Waals surface area contributed by atoms with Gasteiger partial charge in [-0.3, -0.25) is 4.79 Å². The molecule has 3 rings (SSSR count). The predicted octanol–water partition coefficient (Wildman–Crippen LogP) is 3.10. The Bertz CT molecular complexity index is 1130. The number of carbonyl (C=O) groups is 1. The molecule has 2 heterocycles. The zero-order valence-corrected chi connectivity index (χ0v) is 18.6. The molecule has 0 aliphatic carbocycles. The summed E-state index contributed by atoms with van der Waals surface area (Å²) in [6.07, 6.45) is 4.34. The maximum atomic E-state index is 12.8. The molecule has 0 bridgehead atoms. The summed E-state index contributed by atoms with van der Waals surface area (Å²) in [7, 11) is -3.48. The Hall–Kier alpha value is -1.92. The van der Waals surface area contributed by atoms with Crippen LogP contribution in [0.15, 0.2) is 41.6 Å². The summed E-state index contributed by atoms with van der Waals surface area (Å²) in [4.78, 5) is 25.5. The van der Waals surface area contributed by atoms with Crippen LogP contribution in [0.4, 0.5) is 0 Å². The van der Waals surface area contributed by atoms with Crippen LogP contribution in [-0.2, 0) is 9.84 Å². The van der Waals surface area contributed by atoms with Gasteiger partial charge in [-0.25, -0.2) is 23.4 Å². The fourth-order valence-corrected chi connectivity index (χ4v) is 4.03. The second kappa shape index (κ2) is 8.21. The van der Waals surface area contributed by atoms with Crippen LogP contribution in [0.2, 0.25) is 5.02 Å². The minimum Gasteiger partial charge on any atom is -0.294 e. The third-order valence-electron chi connectivity index (χ3n) is 3.90. The fourth-order valence-electron chi connectivity index (χ4n) is 2.59. The highest BCUT2D eigenvalue weighted by Crippen LogP contribution is 2.25. The first-order valence-corrected chi connectivity index (χ1v) is 11.4. The second-order valence-corrected chi connectivity index (χ2v) is 9.59. The van der Waals surface area contributed by atoms with E-state index in [0.29, 0.717) is 15.6 Å². The first-order chi connectivity index (χ1) is 13.1. The van der Waals surface area contributed by atoms with Crippen molar-refractivity contribution in [3.8, 4) is 5.95 Å². The summed E-state index contributed by atoms with van der Waals surface area (Å²) in [6, 6.07) is 5.81. The Balaban J connectivity index is 1.90. The molecule has 0 fully saturated rings. The van der Waals surface area contributed by atoms with Crippen LogP contribution >= 0.6 is 34.2 Å². The molecular formula is C17H15ClIN5O3S. The Labute approximate surface area is 180 Å². The summed E-state index contributed by atoms with van der Waals surface area (Å²) in [5.41, 5.74) is 0.233. The van der Waals surface area contributed by atoms with E-state index in [1.54, 1.807) is 18.5 Å². The van der Waals surface area contributed by atoms with E-state index in [2.05, 4.69) is 20.1 Å². The number of hydrogen-bond donors (Lipinski definition) is 0. The molecule has 8 nitrogen and oxygen atoms in total. The van der Waals surface area contributed by atoms with Crippen LogP contribution in [0.25, 0.3) is 5.95 Å². The number of rotatable bonds is 6. The quantitative estimate of drug-likeness (QED) is 0.355. The van der Waals surface area contributed by atoms with E-state index in [-0.39, 0.29) is 33.6 Å². The summed E-state index contributed by atoms with van der Waals surface area (Å²) in [5.74, 6) is 0.329. The van der Waals surface area contributed by atoms with Gasteiger partial charge in [-0.2, -0.15) is 4.68 Å². The van der Waals surface area contributed by atoms with E-state index in [4.69, 9.17) is 11.6 Å². The van der Waals surface area contributed by atoms with Gasteiger partial charge in [0.15, 0.2) is 15.6 Å². The van der Waals surface area contributed by atoms with E-state index in [0.717, 1.165) is 6.26 Å². The number of ketones is 1. The van der Waals surface area contributed by atoms with Gasteiger partial charge in [0.2, 0.25) is 3.83 Å². The monoisotopic (exact) mass is 531 g/mol. The smallest absolute Gasteiger partial charge is 0.252 e. The predicted molar refractivity (Wildman–Crippen MR) is 112 cm³/mol. The summed E-state index contributed by atoms with van der Waals surface area (Å²) in [5, 5.41) is 4.49. The molecule has 146 valence electrons. The van der Waals surface area contributed by atoms with Crippen molar-refractivity contribution >= 4 is 49.8 Å². The Kier molecular flexibility index (Phi) is 6.10. The highest BCUT2D eigenvalue weighted by Gasteiger charge is 2.22. The zero-order valence-electron chi connectivity index (χ0n) is 14.9. The number of carbonyl (C=O) groups excluding carboxylic acids is 1. The lowest BCUT2D eigenvalue weighted by Crippen LogP contribution is -2.13. The lowest BCUT2D eigenvalue weighted by molar-refractivity contribution is 0.0974. The van der Waals surface area contributed by atoms with Crippen LogP contribution in [0, 0.1) is 3.83 Å². The number of nitrogens with zero attached hydrogens (tertiary/aromatic N) is 5. The summed E-state index contributed by atoms with van der Waals surface area (Å²) < 4.78 is 25.6. The molecule has 28 heavy (non-hydrogen) atoms. The second-order valence-electron chi connectivity index (χ2n) is 6.18. The van der Waals surface area contributed by atoms with Crippen LogP contribution < -0.4 is 0 Å². The zero-order chi connectivity index (χ0) is 20.5. The fraction of sp³-hybridized carbons (Fsp3) is 0.235. The van der Waals surface area contributed by atoms with Crippen molar-refractivity contribution in [1.29, 1.82) is 0 Å². The van der Waals surface area contributed by atoms with E-state index >= 15 is 0 Å². The van der Waals surface area contributed by atoms with Gasteiger partial charge in [0.1, 0.15) is 5.82 Å². The third-order valence-corrected chi connectivity index (χ3v) is 5.67. The minimum atomic E-state index is -3.48. The molecule has 0 saturated carbocycles. The molecule has 0 aliphatic rings. The molecule has 1 atom stereocenters. The lowest BCUT2D eigenvalue weighted by Gasteiger charge is -2.11. The van der Waals surface area contributed by atoms with E-state index in [9.17, 15) is 13.2 Å². The summed E-state index contributed by atoms with van der Waals surface area (Å²) >= 11 is 7.98. The van der Waals surface area contributed by atoms with Crippen molar-refractivity contribution in [2.45, 2.75) is 24.2 Å². The first kappa shape index (κ1) is 20.8. The average Bonchev–Trinajstić information content (AvgIpc) is 3.03. The maximum absolute atomic E-state index is 12.8. The minimum absolute atomic E-state index is 0.00593. The van der Waals surface area contributed by atoms with Gasteiger partial charge in [-0.05, 0) is 24.3 Å². The van der Waals surface area contributed by atoms with Gasteiger partial charge in [-0.15, -0.1) is 5.10 Å². The van der Waals surface area contributed by atoms with Crippen molar-refractivity contribution in [3.63, 3.8) is 0 Å². The van der Waals surface area contributed by atoms with Gasteiger partial charge < -0.3 is 0 Å². The number of benzene rings is 1. The molecule has 0 radical (unpaired) electrons. The Morgan fingerprint density at radius 2 is 1.93 bits per heavy atom. The number of sulfone groups is 1. The molecule has 2 aromatic heterocycles. The Morgan fingerprint density at radius 3 is 2.57 bits per heavy atom. The molecule has 1 unspecified atom stereocenters. The van der Waals surface area contributed by atoms with Crippen LogP contribution in [0.5, 0.6) is 0 Å². The van der Waals surface area contributed by atoms with Crippen molar-refractivity contribution < 1.29 is 13.2 Å². The lowest BCUT2D eigenvalue weighted by atomic mass is 9.99. The standard InChI is InChI=1S/C17H15ClIN5O3S/c1-10(15-22-16(19)23-24(15)17-20-4-3-5-21-17)6-14(25)11-7-12(18)9-13(8-11)28(2,26)27/h3-5,7-10H,6H2,1-2H3. The SMILES string of the molecule is CC(CC(=O)c1cc(Cl)cc(S(C)(=O)=O)c1)c1nc(I)nn1-c1ncccn1. The molecule has 1 aromatic carbocycles. The molecule has 0 spiro atoms. The van der Waals surface area contributed by atoms with E-state index in [1.807, 2.05) is 29.5 Å². The van der Waals surface area contributed by atoms with Crippen molar-refractivity contribution in [1.82, 2.24) is 24.7 Å². The highest BCUT2D eigenvalue weighted by molar-refractivity contribution is 14.1. The van der Waals surface area contributed by atoms with Crippen molar-refractivity contribution in [2.75, 3.05) is 6.26 Å². The maximum Gasteiger partial charge on any atom is 0.252 e.